The first-order chi connectivity index (χ1) is 12.1. The summed E-state index contributed by atoms with van der Waals surface area (Å²) in [6, 6.07) is 15.1. The summed E-state index contributed by atoms with van der Waals surface area (Å²) in [5.41, 5.74) is 2.99. The van der Waals surface area contributed by atoms with Gasteiger partial charge in [-0.1, -0.05) is 24.3 Å². The van der Waals surface area contributed by atoms with Gasteiger partial charge in [0.1, 0.15) is 18.2 Å². The number of rotatable bonds is 6. The molecule has 0 aliphatic heterocycles. The smallest absolute Gasteiger partial charge is 0.315 e. The number of nitrogens with zero attached hydrogens (tertiary/aromatic N) is 1. The van der Waals surface area contributed by atoms with Gasteiger partial charge in [-0.15, -0.1) is 0 Å². The number of fused-ring (bicyclic) bond motifs is 1. The number of nitrogens with one attached hydrogen (secondary N) is 3. The lowest BCUT2D eigenvalue weighted by molar-refractivity contribution is 0.233. The number of urea groups is 1. The van der Waals surface area contributed by atoms with Crippen molar-refractivity contribution in [2.45, 2.75) is 19.9 Å². The second kappa shape index (κ2) is 7.70. The molecule has 3 aromatic rings. The molecule has 25 heavy (non-hydrogen) atoms. The number of carbonyl (C=O) groups is 1. The third-order valence-electron chi connectivity index (χ3n) is 3.81. The van der Waals surface area contributed by atoms with Gasteiger partial charge in [0.2, 0.25) is 0 Å². The molecule has 3 N–H and O–H groups in total. The molecule has 0 bridgehead atoms. The molecule has 0 saturated heterocycles. The number of ether oxygens (including phenoxy) is 1. The van der Waals surface area contributed by atoms with Crippen LogP contribution in [0.25, 0.3) is 11.0 Å². The number of hydrogen-bond donors (Lipinski definition) is 3. The largest absolute Gasteiger partial charge is 0.492 e. The van der Waals surface area contributed by atoms with Crippen LogP contribution in [0.2, 0.25) is 0 Å². The molecule has 1 heterocycles. The molecule has 1 atom stereocenters. The average molecular weight is 338 g/mol. The molecule has 0 aliphatic rings. The van der Waals surface area contributed by atoms with E-state index < -0.39 is 0 Å². The van der Waals surface area contributed by atoms with Crippen LogP contribution in [0.15, 0.2) is 48.5 Å². The summed E-state index contributed by atoms with van der Waals surface area (Å²) < 4.78 is 5.61. The Bertz CT molecular complexity index is 826. The molecule has 6 nitrogen and oxygen atoms in total. The van der Waals surface area contributed by atoms with Crippen molar-refractivity contribution >= 4 is 17.1 Å². The summed E-state index contributed by atoms with van der Waals surface area (Å²) >= 11 is 0. The van der Waals surface area contributed by atoms with Gasteiger partial charge in [0.05, 0.1) is 23.6 Å². The summed E-state index contributed by atoms with van der Waals surface area (Å²) in [4.78, 5) is 19.7. The molecule has 130 valence electrons. The lowest BCUT2D eigenvalue weighted by Crippen LogP contribution is -2.39. The van der Waals surface area contributed by atoms with Crippen LogP contribution in [-0.4, -0.2) is 29.2 Å². The fraction of sp³-hybridized carbons (Fsp3) is 0.263. The van der Waals surface area contributed by atoms with Crippen LogP contribution in [0, 0.1) is 6.92 Å². The highest BCUT2D eigenvalue weighted by atomic mass is 16.5. The number of para-hydroxylation sites is 2. The van der Waals surface area contributed by atoms with Crippen molar-refractivity contribution in [3.05, 3.63) is 59.9 Å². The number of imidazole rings is 1. The maximum absolute atomic E-state index is 12.0. The molecular formula is C19H22N4O2. The van der Waals surface area contributed by atoms with Crippen molar-refractivity contribution in [1.82, 2.24) is 20.6 Å². The van der Waals surface area contributed by atoms with Gasteiger partial charge >= 0.3 is 6.03 Å². The summed E-state index contributed by atoms with van der Waals surface area (Å²) in [5.74, 6) is 1.53. The van der Waals surface area contributed by atoms with Crippen molar-refractivity contribution in [2.75, 3.05) is 13.2 Å². The van der Waals surface area contributed by atoms with Crippen LogP contribution in [0.1, 0.15) is 24.4 Å². The number of amides is 2. The average Bonchev–Trinajstić information content (AvgIpc) is 3.03. The molecule has 3 rings (SSSR count). The molecule has 0 saturated carbocycles. The Morgan fingerprint density at radius 1 is 1.24 bits per heavy atom. The second-order valence-electron chi connectivity index (χ2n) is 5.93. The fourth-order valence-corrected chi connectivity index (χ4v) is 2.53. The van der Waals surface area contributed by atoms with Crippen LogP contribution >= 0.6 is 0 Å². The predicted molar refractivity (Wildman–Crippen MR) is 97.7 cm³/mol. The van der Waals surface area contributed by atoms with Crippen LogP contribution in [0.3, 0.4) is 0 Å². The Kier molecular flexibility index (Phi) is 5.18. The first kappa shape index (κ1) is 16.8. The van der Waals surface area contributed by atoms with Crippen molar-refractivity contribution < 1.29 is 9.53 Å². The monoisotopic (exact) mass is 338 g/mol. The van der Waals surface area contributed by atoms with Gasteiger partial charge in [0, 0.05) is 0 Å². The van der Waals surface area contributed by atoms with Crippen LogP contribution < -0.4 is 15.4 Å². The van der Waals surface area contributed by atoms with E-state index in [1.54, 1.807) is 0 Å². The van der Waals surface area contributed by atoms with Gasteiger partial charge in [-0.25, -0.2) is 9.78 Å². The van der Waals surface area contributed by atoms with Gasteiger partial charge in [-0.05, 0) is 43.7 Å². The van der Waals surface area contributed by atoms with Gasteiger partial charge in [0.15, 0.2) is 0 Å². The molecule has 2 aromatic carbocycles. The van der Waals surface area contributed by atoms with E-state index in [4.69, 9.17) is 4.74 Å². The number of aryl methyl sites for hydroxylation is 1. The Morgan fingerprint density at radius 3 is 2.88 bits per heavy atom. The maximum atomic E-state index is 12.0. The van der Waals surface area contributed by atoms with Crippen molar-refractivity contribution in [2.24, 2.45) is 0 Å². The highest BCUT2D eigenvalue weighted by Crippen LogP contribution is 2.15. The lowest BCUT2D eigenvalue weighted by atomic mass is 10.2. The molecular weight excluding hydrogens is 316 g/mol. The summed E-state index contributed by atoms with van der Waals surface area (Å²) in [5, 5.41) is 5.65. The van der Waals surface area contributed by atoms with Crippen molar-refractivity contribution in [3.8, 4) is 5.75 Å². The number of carbonyl (C=O) groups excluding carboxylic acids is 1. The summed E-state index contributed by atoms with van der Waals surface area (Å²) in [7, 11) is 0. The van der Waals surface area contributed by atoms with Crippen LogP contribution in [0.5, 0.6) is 5.75 Å². The maximum Gasteiger partial charge on any atom is 0.315 e. The Balaban J connectivity index is 1.44. The molecule has 6 heteroatoms. The van der Waals surface area contributed by atoms with Gasteiger partial charge < -0.3 is 20.4 Å². The quantitative estimate of drug-likeness (QED) is 0.603. The molecule has 0 unspecified atom stereocenters. The van der Waals surface area contributed by atoms with E-state index in [0.29, 0.717) is 13.2 Å². The third-order valence-corrected chi connectivity index (χ3v) is 3.81. The Morgan fingerprint density at radius 2 is 2.08 bits per heavy atom. The second-order valence-corrected chi connectivity index (χ2v) is 5.93. The Labute approximate surface area is 146 Å². The fourth-order valence-electron chi connectivity index (χ4n) is 2.53. The topological polar surface area (TPSA) is 79.0 Å². The lowest BCUT2D eigenvalue weighted by Gasteiger charge is -2.13. The van der Waals surface area contributed by atoms with E-state index in [-0.39, 0.29) is 12.1 Å². The standard InChI is InChI=1S/C19H22N4O2/c1-13-6-5-7-15(12-13)25-11-10-20-19(24)21-14(2)18-22-16-8-3-4-9-17(16)23-18/h3-9,12,14H,10-11H2,1-2H3,(H,22,23)(H2,20,21,24)/t14-/m0/s1. The first-order valence-corrected chi connectivity index (χ1v) is 8.30. The summed E-state index contributed by atoms with van der Waals surface area (Å²) in [6.07, 6.45) is 0. The number of aromatic amines is 1. The van der Waals surface area contributed by atoms with Crippen LogP contribution in [-0.2, 0) is 0 Å². The van der Waals surface area contributed by atoms with Gasteiger partial charge in [-0.2, -0.15) is 0 Å². The van der Waals surface area contributed by atoms with E-state index in [9.17, 15) is 4.79 Å². The van der Waals surface area contributed by atoms with Crippen molar-refractivity contribution in [3.63, 3.8) is 0 Å². The third kappa shape index (κ3) is 4.50. The van der Waals surface area contributed by atoms with E-state index in [1.165, 1.54) is 0 Å². The normalized spacial score (nSPS) is 11.9. The molecule has 0 fully saturated rings. The van der Waals surface area contributed by atoms with Gasteiger partial charge in [-0.3, -0.25) is 0 Å². The van der Waals surface area contributed by atoms with Crippen molar-refractivity contribution in [1.29, 1.82) is 0 Å². The Hall–Kier alpha value is -3.02. The van der Waals surface area contributed by atoms with E-state index >= 15 is 0 Å². The highest BCUT2D eigenvalue weighted by molar-refractivity contribution is 5.76. The molecule has 1 aromatic heterocycles. The summed E-state index contributed by atoms with van der Waals surface area (Å²) in [6.45, 7) is 4.74. The molecule has 0 radical (unpaired) electrons. The SMILES string of the molecule is Cc1cccc(OCCNC(=O)N[C@@H](C)c2nc3ccccc3[nH]2)c1. The van der Waals surface area contributed by atoms with E-state index in [0.717, 1.165) is 28.2 Å². The number of H-pyrrole nitrogens is 1. The van der Waals surface area contributed by atoms with E-state index in [1.807, 2.05) is 62.4 Å². The highest BCUT2D eigenvalue weighted by Gasteiger charge is 2.13. The predicted octanol–water partition coefficient (Wildman–Crippen LogP) is 3.31. The van der Waals surface area contributed by atoms with Crippen LogP contribution in [0.4, 0.5) is 4.79 Å². The molecule has 0 aliphatic carbocycles. The van der Waals surface area contributed by atoms with E-state index in [2.05, 4.69) is 20.6 Å². The number of aromatic nitrogens is 2. The number of benzene rings is 2. The zero-order valence-corrected chi connectivity index (χ0v) is 14.4. The first-order valence-electron chi connectivity index (χ1n) is 8.30. The van der Waals surface area contributed by atoms with Gasteiger partial charge in [0.25, 0.3) is 0 Å². The molecule has 2 amide bonds. The molecule has 0 spiro atoms. The zero-order chi connectivity index (χ0) is 17.6. The number of hydrogen-bond acceptors (Lipinski definition) is 3. The minimum atomic E-state index is -0.249. The minimum Gasteiger partial charge on any atom is -0.492 e. The zero-order valence-electron chi connectivity index (χ0n) is 14.4. The minimum absolute atomic E-state index is 0.218.